The Kier molecular flexibility index (Phi) is 5.65. The third-order valence-electron chi connectivity index (χ3n) is 2.75. The highest BCUT2D eigenvalue weighted by molar-refractivity contribution is 7.89. The normalized spacial score (nSPS) is 11.1. The first-order valence-electron chi connectivity index (χ1n) is 6.61. The first-order chi connectivity index (χ1) is 10.6. The molecule has 0 unspecified atom stereocenters. The zero-order valence-electron chi connectivity index (χ0n) is 11.7. The number of nitrogens with one attached hydrogen (secondary N) is 2. The van der Waals surface area contributed by atoms with Crippen LogP contribution in [0.25, 0.3) is 0 Å². The number of sulfonamides is 1. The number of benzene rings is 2. The lowest BCUT2D eigenvalue weighted by Gasteiger charge is -2.08. The summed E-state index contributed by atoms with van der Waals surface area (Å²) in [7, 11) is -3.56. The Morgan fingerprint density at radius 1 is 0.955 bits per heavy atom. The van der Waals surface area contributed by atoms with Crippen LogP contribution in [0.1, 0.15) is 10.4 Å². The summed E-state index contributed by atoms with van der Waals surface area (Å²) in [5.41, 5.74) is 2.72. The highest BCUT2D eigenvalue weighted by Crippen LogP contribution is 2.06. The third kappa shape index (κ3) is 4.66. The maximum Gasteiger partial charge on any atom is 0.274 e. The quantitative estimate of drug-likeness (QED) is 0.595. The number of hydrogen-bond acceptors (Lipinski definition) is 4. The van der Waals surface area contributed by atoms with E-state index < -0.39 is 10.0 Å². The Morgan fingerprint density at radius 2 is 1.55 bits per heavy atom. The van der Waals surface area contributed by atoms with Crippen LogP contribution in [0.5, 0.6) is 0 Å². The van der Waals surface area contributed by atoms with E-state index in [1.54, 1.807) is 48.5 Å². The molecule has 0 radical (unpaired) electrons. The first kappa shape index (κ1) is 16.2. The third-order valence-corrected chi connectivity index (χ3v) is 4.23. The number of carbonyl (C=O) groups is 1. The summed E-state index contributed by atoms with van der Waals surface area (Å²) in [6.07, 6.45) is 0. The molecular weight excluding hydrogens is 304 g/mol. The number of amides is 1. The van der Waals surface area contributed by atoms with Gasteiger partial charge in [0.1, 0.15) is 0 Å². The van der Waals surface area contributed by atoms with Gasteiger partial charge >= 0.3 is 0 Å². The molecule has 0 bridgehead atoms. The molecule has 0 fully saturated rings. The minimum absolute atomic E-state index is 0.0185. The van der Waals surface area contributed by atoms with Crippen LogP contribution in [-0.2, 0) is 14.9 Å². The fraction of sp³-hybridized carbons (Fsp3) is 0.133. The van der Waals surface area contributed by atoms with E-state index in [4.69, 9.17) is 4.84 Å². The van der Waals surface area contributed by atoms with Gasteiger partial charge in [-0.1, -0.05) is 36.4 Å². The summed E-state index contributed by atoms with van der Waals surface area (Å²) < 4.78 is 26.2. The molecule has 0 spiro atoms. The fourth-order valence-electron chi connectivity index (χ4n) is 1.68. The van der Waals surface area contributed by atoms with Crippen LogP contribution >= 0.6 is 0 Å². The van der Waals surface area contributed by atoms with Crippen molar-refractivity contribution in [2.24, 2.45) is 0 Å². The number of rotatable bonds is 7. The van der Waals surface area contributed by atoms with Crippen molar-refractivity contribution in [3.05, 3.63) is 66.2 Å². The molecule has 0 aromatic heterocycles. The molecule has 2 rings (SSSR count). The molecule has 0 aliphatic carbocycles. The van der Waals surface area contributed by atoms with Crippen molar-refractivity contribution in [2.75, 3.05) is 13.2 Å². The molecular formula is C15H16N2O4S. The van der Waals surface area contributed by atoms with Gasteiger partial charge in [-0.05, 0) is 24.3 Å². The van der Waals surface area contributed by atoms with Crippen LogP contribution in [0.15, 0.2) is 65.6 Å². The van der Waals surface area contributed by atoms with Gasteiger partial charge < -0.3 is 0 Å². The Hall–Kier alpha value is -2.22. The topological polar surface area (TPSA) is 84.5 Å². The Balaban J connectivity index is 1.73. The molecule has 1 amide bonds. The molecule has 0 atom stereocenters. The van der Waals surface area contributed by atoms with Crippen molar-refractivity contribution in [3.8, 4) is 0 Å². The molecule has 6 nitrogen and oxygen atoms in total. The van der Waals surface area contributed by atoms with Gasteiger partial charge in [-0.2, -0.15) is 0 Å². The molecule has 2 aromatic rings. The average molecular weight is 320 g/mol. The minimum Gasteiger partial charge on any atom is -0.272 e. The van der Waals surface area contributed by atoms with Crippen molar-refractivity contribution in [1.82, 2.24) is 10.2 Å². The molecule has 22 heavy (non-hydrogen) atoms. The fourth-order valence-corrected chi connectivity index (χ4v) is 2.71. The summed E-state index contributed by atoms with van der Waals surface area (Å²) in [6, 6.07) is 16.6. The Labute approximate surface area is 129 Å². The molecule has 2 N–H and O–H groups in total. The Bertz CT molecular complexity index is 703. The number of hydroxylamine groups is 1. The van der Waals surface area contributed by atoms with Crippen LogP contribution in [0.2, 0.25) is 0 Å². The van der Waals surface area contributed by atoms with E-state index >= 15 is 0 Å². The molecule has 0 aliphatic heterocycles. The molecule has 0 saturated heterocycles. The van der Waals surface area contributed by atoms with Gasteiger partial charge in [0.15, 0.2) is 0 Å². The molecule has 7 heteroatoms. The summed E-state index contributed by atoms with van der Waals surface area (Å²) >= 11 is 0. The largest absolute Gasteiger partial charge is 0.274 e. The SMILES string of the molecule is O=C(NOCCNS(=O)(=O)c1ccccc1)c1ccccc1. The average Bonchev–Trinajstić information content (AvgIpc) is 2.56. The number of hydrogen-bond donors (Lipinski definition) is 2. The molecule has 0 saturated carbocycles. The van der Waals surface area contributed by atoms with Gasteiger partial charge in [-0.25, -0.2) is 18.6 Å². The second kappa shape index (κ2) is 7.69. The van der Waals surface area contributed by atoms with Crippen LogP contribution in [0.3, 0.4) is 0 Å². The van der Waals surface area contributed by atoms with E-state index in [0.717, 1.165) is 0 Å². The standard InChI is InChI=1S/C15H16N2O4S/c18-15(13-7-3-1-4-8-13)17-21-12-11-16-22(19,20)14-9-5-2-6-10-14/h1-10,16H,11-12H2,(H,17,18). The maximum absolute atomic E-state index is 11.9. The van der Waals surface area contributed by atoms with Crippen molar-refractivity contribution < 1.29 is 18.0 Å². The van der Waals surface area contributed by atoms with Gasteiger partial charge in [-0.15, -0.1) is 0 Å². The summed E-state index contributed by atoms with van der Waals surface area (Å²) in [5.74, 6) is -0.383. The van der Waals surface area contributed by atoms with Crippen molar-refractivity contribution in [3.63, 3.8) is 0 Å². The smallest absolute Gasteiger partial charge is 0.272 e. The first-order valence-corrected chi connectivity index (χ1v) is 8.10. The molecule has 0 aliphatic rings. The zero-order chi connectivity index (χ0) is 15.8. The van der Waals surface area contributed by atoms with Crippen molar-refractivity contribution >= 4 is 15.9 Å². The predicted octanol–water partition coefficient (Wildman–Crippen LogP) is 1.33. The summed E-state index contributed by atoms with van der Waals surface area (Å²) in [4.78, 5) is 16.8. The van der Waals surface area contributed by atoms with Gasteiger partial charge in [0.25, 0.3) is 5.91 Å². The van der Waals surface area contributed by atoms with Crippen molar-refractivity contribution in [2.45, 2.75) is 4.90 Å². The molecule has 2 aromatic carbocycles. The predicted molar refractivity (Wildman–Crippen MR) is 81.5 cm³/mol. The van der Waals surface area contributed by atoms with Gasteiger partial charge in [0.05, 0.1) is 11.5 Å². The van der Waals surface area contributed by atoms with Crippen molar-refractivity contribution in [1.29, 1.82) is 0 Å². The van der Waals surface area contributed by atoms with Crippen LogP contribution in [-0.4, -0.2) is 27.5 Å². The van der Waals surface area contributed by atoms with E-state index in [2.05, 4.69) is 10.2 Å². The highest BCUT2D eigenvalue weighted by atomic mass is 32.2. The minimum atomic E-state index is -3.56. The van der Waals surface area contributed by atoms with E-state index in [-0.39, 0.29) is 24.0 Å². The lowest BCUT2D eigenvalue weighted by molar-refractivity contribution is 0.0336. The van der Waals surface area contributed by atoms with Crippen LogP contribution in [0, 0.1) is 0 Å². The maximum atomic E-state index is 11.9. The second-order valence-corrected chi connectivity index (χ2v) is 6.12. The molecule has 116 valence electrons. The van der Waals surface area contributed by atoms with E-state index in [0.29, 0.717) is 5.56 Å². The number of carbonyl (C=O) groups excluding carboxylic acids is 1. The highest BCUT2D eigenvalue weighted by Gasteiger charge is 2.12. The second-order valence-electron chi connectivity index (χ2n) is 4.36. The van der Waals surface area contributed by atoms with Gasteiger partial charge in [0.2, 0.25) is 10.0 Å². The zero-order valence-corrected chi connectivity index (χ0v) is 12.5. The molecule has 0 heterocycles. The van der Waals surface area contributed by atoms with E-state index in [9.17, 15) is 13.2 Å². The lowest BCUT2D eigenvalue weighted by atomic mass is 10.2. The van der Waals surface area contributed by atoms with Crippen LogP contribution in [0.4, 0.5) is 0 Å². The van der Waals surface area contributed by atoms with Gasteiger partial charge in [0, 0.05) is 12.1 Å². The van der Waals surface area contributed by atoms with Crippen LogP contribution < -0.4 is 10.2 Å². The van der Waals surface area contributed by atoms with Gasteiger partial charge in [-0.3, -0.25) is 9.63 Å². The summed E-state index contributed by atoms with van der Waals surface area (Å²) in [5, 5.41) is 0. The monoisotopic (exact) mass is 320 g/mol. The Morgan fingerprint density at radius 3 is 2.18 bits per heavy atom. The van der Waals surface area contributed by atoms with E-state index in [1.165, 1.54) is 12.1 Å². The summed E-state index contributed by atoms with van der Waals surface area (Å²) in [6.45, 7) is 0.0664. The lowest BCUT2D eigenvalue weighted by Crippen LogP contribution is -2.31. The van der Waals surface area contributed by atoms with E-state index in [1.807, 2.05) is 0 Å².